The molecule has 38 heavy (non-hydrogen) atoms. The van der Waals surface area contributed by atoms with Crippen LogP contribution in [0.4, 0.5) is 17.6 Å². The summed E-state index contributed by atoms with van der Waals surface area (Å²) < 4.78 is 62.4. The van der Waals surface area contributed by atoms with E-state index in [2.05, 4.69) is 6.58 Å². The molecule has 1 aliphatic carbocycles. The van der Waals surface area contributed by atoms with Crippen LogP contribution in [0.25, 0.3) is 11.6 Å². The summed E-state index contributed by atoms with van der Waals surface area (Å²) in [6.45, 7) is 5.33. The fourth-order valence-electron chi connectivity index (χ4n) is 3.89. The van der Waals surface area contributed by atoms with E-state index in [4.69, 9.17) is 21.7 Å². The smallest absolute Gasteiger partial charge is 0.417 e. The summed E-state index contributed by atoms with van der Waals surface area (Å²) in [5.41, 5.74) is -3.67. The SMILES string of the molecule is C=Cc1ccc(Cn2c(/C(C=N)=C/[NH2+]C3C=C(Cl)C(OCC)=CC3)cc(C(F)(F)F)c(C#N)c2=O)c(F)c1. The van der Waals surface area contributed by atoms with Gasteiger partial charge in [0.2, 0.25) is 0 Å². The van der Waals surface area contributed by atoms with Gasteiger partial charge < -0.3 is 20.0 Å². The molecule has 0 amide bonds. The summed E-state index contributed by atoms with van der Waals surface area (Å²) in [7, 11) is 0. The third-order valence-electron chi connectivity index (χ3n) is 5.80. The monoisotopic (exact) mass is 547 g/mol. The lowest BCUT2D eigenvalue weighted by atomic mass is 10.0. The van der Waals surface area contributed by atoms with Gasteiger partial charge in [0, 0.05) is 18.2 Å². The number of nitrogens with zero attached hydrogens (tertiary/aromatic N) is 2. The lowest BCUT2D eigenvalue weighted by Crippen LogP contribution is -2.84. The fraction of sp³-hybridized carbons (Fsp3) is 0.222. The minimum absolute atomic E-state index is 0.00601. The second-order valence-electron chi connectivity index (χ2n) is 8.25. The number of hydrogen-bond donors (Lipinski definition) is 2. The summed E-state index contributed by atoms with van der Waals surface area (Å²) in [5, 5.41) is 19.2. The molecule has 1 aliphatic rings. The number of nitriles is 1. The standard InChI is InChI=1S/C27H23ClF4N4O2/c1-3-16-5-6-17(23(29)9-16)15-36-24(11-21(27(30,31)32)20(13-34)26(36)37)18(12-33)14-35-19-7-8-25(38-4-2)22(28)10-19/h3,5-6,8-12,14,19,33,35H,1,4,7,15H2,2H3/p+1/b18-14+,33-12?. The first kappa shape index (κ1) is 28.6. The number of benzene rings is 1. The number of quaternary nitrogens is 1. The minimum Gasteiger partial charge on any atom is -0.493 e. The van der Waals surface area contributed by atoms with Crippen LogP contribution in [0.3, 0.4) is 0 Å². The lowest BCUT2D eigenvalue weighted by molar-refractivity contribution is -0.613. The maximum atomic E-state index is 14.7. The Labute approximate surface area is 221 Å². The summed E-state index contributed by atoms with van der Waals surface area (Å²) in [6.07, 6.45) is 2.57. The highest BCUT2D eigenvalue weighted by Gasteiger charge is 2.37. The highest BCUT2D eigenvalue weighted by atomic mass is 35.5. The molecule has 3 N–H and O–H groups in total. The van der Waals surface area contributed by atoms with Crippen LogP contribution < -0.4 is 10.9 Å². The summed E-state index contributed by atoms with van der Waals surface area (Å²) in [5.74, 6) is -0.181. The zero-order chi connectivity index (χ0) is 28.0. The lowest BCUT2D eigenvalue weighted by Gasteiger charge is -2.19. The molecule has 6 nitrogen and oxygen atoms in total. The number of aromatic nitrogens is 1. The number of ether oxygens (including phenoxy) is 1. The quantitative estimate of drug-likeness (QED) is 0.344. The molecule has 0 fully saturated rings. The van der Waals surface area contributed by atoms with E-state index in [0.717, 1.165) is 10.8 Å². The summed E-state index contributed by atoms with van der Waals surface area (Å²) in [4.78, 5) is 13.1. The number of rotatable bonds is 9. The van der Waals surface area contributed by atoms with Gasteiger partial charge in [-0.25, -0.2) is 4.39 Å². The second-order valence-corrected chi connectivity index (χ2v) is 8.66. The molecule has 0 aliphatic heterocycles. The van der Waals surface area contributed by atoms with Crippen LogP contribution in [0.15, 0.2) is 64.8 Å². The Morgan fingerprint density at radius 3 is 2.68 bits per heavy atom. The van der Waals surface area contributed by atoms with Crippen LogP contribution in [0, 0.1) is 22.6 Å². The fourth-order valence-corrected chi connectivity index (χ4v) is 4.19. The molecule has 0 bridgehead atoms. The normalized spacial score (nSPS) is 15.8. The molecule has 0 saturated carbocycles. The molecule has 1 heterocycles. The molecule has 0 radical (unpaired) electrons. The van der Waals surface area contributed by atoms with E-state index in [0.29, 0.717) is 35.4 Å². The summed E-state index contributed by atoms with van der Waals surface area (Å²) in [6, 6.07) is 5.80. The van der Waals surface area contributed by atoms with Gasteiger partial charge in [-0.15, -0.1) is 0 Å². The first-order chi connectivity index (χ1) is 18.0. The van der Waals surface area contributed by atoms with Gasteiger partial charge >= 0.3 is 6.18 Å². The number of alkyl halides is 3. The van der Waals surface area contributed by atoms with Crippen molar-refractivity contribution in [2.24, 2.45) is 0 Å². The minimum atomic E-state index is -5.01. The Morgan fingerprint density at radius 1 is 1.39 bits per heavy atom. The van der Waals surface area contributed by atoms with E-state index in [9.17, 15) is 27.6 Å². The van der Waals surface area contributed by atoms with Crippen molar-refractivity contribution in [3.8, 4) is 6.07 Å². The predicted molar refractivity (Wildman–Crippen MR) is 137 cm³/mol. The average molecular weight is 548 g/mol. The molecule has 1 unspecified atom stereocenters. The van der Waals surface area contributed by atoms with Gasteiger partial charge in [-0.2, -0.15) is 18.4 Å². The zero-order valence-corrected chi connectivity index (χ0v) is 21.0. The largest absolute Gasteiger partial charge is 0.493 e. The van der Waals surface area contributed by atoms with Crippen LogP contribution in [-0.2, 0) is 17.5 Å². The average Bonchev–Trinajstić information content (AvgIpc) is 2.87. The summed E-state index contributed by atoms with van der Waals surface area (Å²) >= 11 is 6.24. The molecule has 3 rings (SSSR count). The van der Waals surface area contributed by atoms with Crippen molar-refractivity contribution in [1.29, 1.82) is 10.7 Å². The molecular formula is C27H24ClF4N4O2+. The number of pyridine rings is 1. The number of nitrogens with two attached hydrogens (primary N) is 1. The molecule has 1 atom stereocenters. The van der Waals surface area contributed by atoms with Crippen molar-refractivity contribution in [2.45, 2.75) is 32.1 Å². The van der Waals surface area contributed by atoms with E-state index in [1.807, 2.05) is 6.92 Å². The molecule has 2 aromatic rings. The Balaban J connectivity index is 2.12. The van der Waals surface area contributed by atoms with E-state index in [-0.39, 0.29) is 22.9 Å². The van der Waals surface area contributed by atoms with Gasteiger partial charge in [0.15, 0.2) is 0 Å². The first-order valence-corrected chi connectivity index (χ1v) is 11.8. The Kier molecular flexibility index (Phi) is 9.09. The molecular weight excluding hydrogens is 524 g/mol. The third-order valence-corrected chi connectivity index (χ3v) is 6.12. The van der Waals surface area contributed by atoms with Crippen LogP contribution >= 0.6 is 11.6 Å². The number of hydrogen-bond acceptors (Lipinski definition) is 4. The molecule has 0 saturated heterocycles. The number of nitrogens with one attached hydrogen (secondary N) is 1. The van der Waals surface area contributed by atoms with E-state index in [1.165, 1.54) is 36.5 Å². The molecule has 11 heteroatoms. The van der Waals surface area contributed by atoms with Crippen LogP contribution in [0.1, 0.15) is 41.3 Å². The Bertz CT molecular complexity index is 1450. The maximum absolute atomic E-state index is 14.7. The molecule has 198 valence electrons. The van der Waals surface area contributed by atoms with Crippen molar-refractivity contribution < 1.29 is 27.6 Å². The predicted octanol–water partition coefficient (Wildman–Crippen LogP) is 4.94. The van der Waals surface area contributed by atoms with Crippen molar-refractivity contribution in [3.05, 3.63) is 104 Å². The zero-order valence-electron chi connectivity index (χ0n) is 20.3. The topological polar surface area (TPSA) is 95.5 Å². The van der Waals surface area contributed by atoms with Crippen molar-refractivity contribution >= 4 is 29.5 Å². The van der Waals surface area contributed by atoms with Gasteiger partial charge in [0.1, 0.15) is 35.5 Å². The van der Waals surface area contributed by atoms with E-state index < -0.39 is 35.2 Å². The van der Waals surface area contributed by atoms with Crippen molar-refractivity contribution in [3.63, 3.8) is 0 Å². The van der Waals surface area contributed by atoms with E-state index in [1.54, 1.807) is 17.5 Å². The number of allylic oxidation sites excluding steroid dienone is 2. The van der Waals surface area contributed by atoms with Gasteiger partial charge in [-0.1, -0.05) is 36.4 Å². The van der Waals surface area contributed by atoms with E-state index >= 15 is 0 Å². The first-order valence-electron chi connectivity index (χ1n) is 11.5. The highest BCUT2D eigenvalue weighted by molar-refractivity contribution is 6.31. The van der Waals surface area contributed by atoms with Crippen LogP contribution in [0.5, 0.6) is 0 Å². The van der Waals surface area contributed by atoms with Crippen LogP contribution in [-0.4, -0.2) is 23.4 Å². The molecule has 0 spiro atoms. The molecule has 1 aromatic carbocycles. The van der Waals surface area contributed by atoms with Crippen molar-refractivity contribution in [2.75, 3.05) is 6.61 Å². The second kappa shape index (κ2) is 12.1. The third kappa shape index (κ3) is 6.30. The van der Waals surface area contributed by atoms with Gasteiger partial charge in [0.25, 0.3) is 5.56 Å². The van der Waals surface area contributed by atoms with Gasteiger partial charge in [-0.05, 0) is 36.8 Å². The van der Waals surface area contributed by atoms with Gasteiger partial charge in [0.05, 0.1) is 35.0 Å². The Morgan fingerprint density at radius 2 is 2.13 bits per heavy atom. The molecule has 1 aromatic heterocycles. The Hall–Kier alpha value is -3.94. The van der Waals surface area contributed by atoms with Crippen LogP contribution in [0.2, 0.25) is 0 Å². The number of halogens is 5. The van der Waals surface area contributed by atoms with Gasteiger partial charge in [-0.3, -0.25) is 4.79 Å². The highest BCUT2D eigenvalue weighted by Crippen LogP contribution is 2.32. The van der Waals surface area contributed by atoms with Crippen molar-refractivity contribution in [1.82, 2.24) is 4.57 Å². The maximum Gasteiger partial charge on any atom is 0.417 e.